The maximum atomic E-state index is 4.67. The summed E-state index contributed by atoms with van der Waals surface area (Å²) in [5.74, 6) is 0. The Morgan fingerprint density at radius 3 is 2.62 bits per heavy atom. The second-order valence-electron chi connectivity index (χ2n) is 3.53. The fourth-order valence-electron chi connectivity index (χ4n) is 1.33. The molecule has 1 nitrogen and oxygen atoms in total. The number of rotatable bonds is 7. The highest BCUT2D eigenvalue weighted by Gasteiger charge is 2.00. The third-order valence-corrected chi connectivity index (χ3v) is 2.17. The number of hydrogen-bond acceptors (Lipinski definition) is 1. The Balaban J connectivity index is 3.91. The lowest BCUT2D eigenvalue weighted by Crippen LogP contribution is -2.04. The summed E-state index contributed by atoms with van der Waals surface area (Å²) in [6.07, 6.45) is 7.72. The minimum Gasteiger partial charge on any atom is -0.291 e. The summed E-state index contributed by atoms with van der Waals surface area (Å²) in [6.45, 7) is 10.3. The van der Waals surface area contributed by atoms with E-state index in [1.165, 1.54) is 25.0 Å². The smallest absolute Gasteiger partial charge is 0.0471 e. The number of nitrogens with zero attached hydrogens (tertiary/aromatic N) is 1. The first-order valence-corrected chi connectivity index (χ1v) is 5.41. The van der Waals surface area contributed by atoms with Crippen molar-refractivity contribution in [1.29, 1.82) is 0 Å². The number of allylic oxidation sites excluding steroid dienone is 1. The standard InChI is InChI=1S/C12H23N/c1-5-8-10-11(4)13-12(7-3)9-6-2/h6,11H,2,5,7-10H2,1,3-4H3. The highest BCUT2D eigenvalue weighted by atomic mass is 14.8. The van der Waals surface area contributed by atoms with Gasteiger partial charge in [-0.2, -0.15) is 0 Å². The van der Waals surface area contributed by atoms with Gasteiger partial charge >= 0.3 is 0 Å². The van der Waals surface area contributed by atoms with Gasteiger partial charge < -0.3 is 0 Å². The lowest BCUT2D eigenvalue weighted by molar-refractivity contribution is 0.616. The zero-order valence-electron chi connectivity index (χ0n) is 9.34. The molecule has 0 aliphatic carbocycles. The van der Waals surface area contributed by atoms with Gasteiger partial charge in [-0.05, 0) is 19.8 Å². The fraction of sp³-hybridized carbons (Fsp3) is 0.750. The van der Waals surface area contributed by atoms with E-state index in [1.807, 2.05) is 6.08 Å². The maximum Gasteiger partial charge on any atom is 0.0471 e. The van der Waals surface area contributed by atoms with Gasteiger partial charge in [-0.15, -0.1) is 6.58 Å². The molecule has 0 aromatic carbocycles. The van der Waals surface area contributed by atoms with Crippen molar-refractivity contribution in [3.8, 4) is 0 Å². The molecule has 0 saturated carbocycles. The van der Waals surface area contributed by atoms with Crippen molar-refractivity contribution < 1.29 is 0 Å². The van der Waals surface area contributed by atoms with Gasteiger partial charge in [-0.25, -0.2) is 0 Å². The van der Waals surface area contributed by atoms with Gasteiger partial charge in [-0.3, -0.25) is 4.99 Å². The van der Waals surface area contributed by atoms with E-state index in [-0.39, 0.29) is 0 Å². The Labute approximate surface area is 83.0 Å². The van der Waals surface area contributed by atoms with Crippen molar-refractivity contribution >= 4 is 5.71 Å². The molecule has 0 amide bonds. The van der Waals surface area contributed by atoms with Gasteiger partial charge in [0.15, 0.2) is 0 Å². The molecule has 0 aromatic rings. The van der Waals surface area contributed by atoms with E-state index in [2.05, 4.69) is 32.3 Å². The average Bonchev–Trinajstić information content (AvgIpc) is 2.14. The Morgan fingerprint density at radius 1 is 1.46 bits per heavy atom. The molecule has 0 aromatic heterocycles. The molecule has 1 unspecified atom stereocenters. The van der Waals surface area contributed by atoms with Gasteiger partial charge in [0.05, 0.1) is 0 Å². The lowest BCUT2D eigenvalue weighted by atomic mass is 10.1. The van der Waals surface area contributed by atoms with E-state index < -0.39 is 0 Å². The van der Waals surface area contributed by atoms with Crippen LogP contribution in [0.3, 0.4) is 0 Å². The summed E-state index contributed by atoms with van der Waals surface area (Å²) in [5.41, 5.74) is 1.29. The third kappa shape index (κ3) is 6.56. The number of aliphatic imine (C=N–C) groups is 1. The van der Waals surface area contributed by atoms with Crippen LogP contribution < -0.4 is 0 Å². The van der Waals surface area contributed by atoms with Crippen LogP contribution in [-0.2, 0) is 0 Å². The summed E-state index contributed by atoms with van der Waals surface area (Å²) in [4.78, 5) is 4.67. The monoisotopic (exact) mass is 181 g/mol. The zero-order chi connectivity index (χ0) is 10.1. The summed E-state index contributed by atoms with van der Waals surface area (Å²) in [5, 5.41) is 0. The average molecular weight is 181 g/mol. The molecule has 1 heteroatoms. The van der Waals surface area contributed by atoms with E-state index in [0.717, 1.165) is 12.8 Å². The van der Waals surface area contributed by atoms with Gasteiger partial charge in [0.25, 0.3) is 0 Å². The number of hydrogen-bond donors (Lipinski definition) is 0. The van der Waals surface area contributed by atoms with Gasteiger partial charge in [0.2, 0.25) is 0 Å². The molecule has 0 rings (SSSR count). The predicted molar refractivity (Wildman–Crippen MR) is 61.5 cm³/mol. The molecule has 0 N–H and O–H groups in total. The van der Waals surface area contributed by atoms with Crippen LogP contribution in [0.4, 0.5) is 0 Å². The molecular formula is C12H23N. The van der Waals surface area contributed by atoms with Crippen molar-refractivity contribution in [2.24, 2.45) is 4.99 Å². The summed E-state index contributed by atoms with van der Waals surface area (Å²) < 4.78 is 0. The SMILES string of the molecule is C=CCC(CC)=NC(C)CCCC. The molecule has 0 saturated heterocycles. The first-order valence-electron chi connectivity index (χ1n) is 5.41. The van der Waals surface area contributed by atoms with Gasteiger partial charge in [-0.1, -0.05) is 32.8 Å². The quantitative estimate of drug-likeness (QED) is 0.416. The molecule has 0 bridgehead atoms. The van der Waals surface area contributed by atoms with E-state index >= 15 is 0 Å². The lowest BCUT2D eigenvalue weighted by Gasteiger charge is -2.07. The second-order valence-corrected chi connectivity index (χ2v) is 3.53. The molecule has 0 heterocycles. The first kappa shape index (κ1) is 12.4. The van der Waals surface area contributed by atoms with Crippen LogP contribution in [0.25, 0.3) is 0 Å². The largest absolute Gasteiger partial charge is 0.291 e. The predicted octanol–water partition coefficient (Wildman–Crippen LogP) is 3.99. The maximum absolute atomic E-state index is 4.67. The van der Waals surface area contributed by atoms with Crippen LogP contribution in [0.5, 0.6) is 0 Å². The topological polar surface area (TPSA) is 12.4 Å². The van der Waals surface area contributed by atoms with Gasteiger partial charge in [0.1, 0.15) is 0 Å². The molecule has 1 atom stereocenters. The molecule has 0 radical (unpaired) electrons. The molecule has 13 heavy (non-hydrogen) atoms. The van der Waals surface area contributed by atoms with Crippen molar-refractivity contribution in [2.45, 2.75) is 58.9 Å². The Bertz CT molecular complexity index is 159. The Hall–Kier alpha value is -0.590. The Kier molecular flexibility index (Phi) is 7.66. The van der Waals surface area contributed by atoms with Crippen LogP contribution >= 0.6 is 0 Å². The summed E-state index contributed by atoms with van der Waals surface area (Å²) >= 11 is 0. The molecule has 0 fully saturated rings. The van der Waals surface area contributed by atoms with Crippen molar-refractivity contribution in [3.63, 3.8) is 0 Å². The normalized spacial score (nSPS) is 14.2. The van der Waals surface area contributed by atoms with E-state index in [0.29, 0.717) is 6.04 Å². The van der Waals surface area contributed by atoms with Crippen LogP contribution in [0.15, 0.2) is 17.6 Å². The fourth-order valence-corrected chi connectivity index (χ4v) is 1.33. The van der Waals surface area contributed by atoms with E-state index in [1.54, 1.807) is 0 Å². The summed E-state index contributed by atoms with van der Waals surface area (Å²) in [6, 6.07) is 0.495. The van der Waals surface area contributed by atoms with Crippen LogP contribution in [0.1, 0.15) is 52.9 Å². The molecule has 76 valence electrons. The van der Waals surface area contributed by atoms with Crippen LogP contribution in [0.2, 0.25) is 0 Å². The van der Waals surface area contributed by atoms with Crippen molar-refractivity contribution in [1.82, 2.24) is 0 Å². The zero-order valence-corrected chi connectivity index (χ0v) is 9.34. The van der Waals surface area contributed by atoms with E-state index in [4.69, 9.17) is 0 Å². The molecule has 0 aliphatic rings. The number of unbranched alkanes of at least 4 members (excludes halogenated alkanes) is 1. The van der Waals surface area contributed by atoms with Crippen LogP contribution in [0, 0.1) is 0 Å². The van der Waals surface area contributed by atoms with Gasteiger partial charge in [0, 0.05) is 18.2 Å². The molecule has 0 spiro atoms. The second kappa shape index (κ2) is 8.03. The van der Waals surface area contributed by atoms with E-state index in [9.17, 15) is 0 Å². The highest BCUT2D eigenvalue weighted by Crippen LogP contribution is 2.06. The minimum atomic E-state index is 0.495. The van der Waals surface area contributed by atoms with Crippen molar-refractivity contribution in [3.05, 3.63) is 12.7 Å². The Morgan fingerprint density at radius 2 is 2.15 bits per heavy atom. The molecular weight excluding hydrogens is 158 g/mol. The summed E-state index contributed by atoms with van der Waals surface area (Å²) in [7, 11) is 0. The third-order valence-electron chi connectivity index (χ3n) is 2.17. The van der Waals surface area contributed by atoms with Crippen molar-refractivity contribution in [2.75, 3.05) is 0 Å². The molecule has 0 aliphatic heterocycles. The minimum absolute atomic E-state index is 0.495. The highest BCUT2D eigenvalue weighted by molar-refractivity contribution is 5.85. The first-order chi connectivity index (χ1) is 6.24. The van der Waals surface area contributed by atoms with Crippen LogP contribution in [-0.4, -0.2) is 11.8 Å².